The van der Waals surface area contributed by atoms with Gasteiger partial charge in [0.05, 0.1) is 5.02 Å². The summed E-state index contributed by atoms with van der Waals surface area (Å²) in [5.41, 5.74) is 0. The third kappa shape index (κ3) is 2.41. The van der Waals surface area contributed by atoms with Crippen molar-refractivity contribution in [2.24, 2.45) is 0 Å². The lowest BCUT2D eigenvalue weighted by Crippen LogP contribution is -1.62. The van der Waals surface area contributed by atoms with Gasteiger partial charge in [-0.05, 0) is 12.1 Å². The molecular formula is C6H6ClIO. The lowest BCUT2D eigenvalue weighted by Gasteiger charge is -1.89. The predicted molar refractivity (Wildman–Crippen MR) is 48.5 cm³/mol. The van der Waals surface area contributed by atoms with Crippen molar-refractivity contribution in [3.05, 3.63) is 29.3 Å². The quantitative estimate of drug-likeness (QED) is 0.708. The van der Waals surface area contributed by atoms with Gasteiger partial charge in [-0.1, -0.05) is 23.7 Å². The van der Waals surface area contributed by atoms with Gasteiger partial charge in [0.1, 0.15) is 5.75 Å². The first kappa shape index (κ1) is 9.04. The molecule has 50 valence electrons. The molecule has 3 heteroatoms. The number of halogens is 2. The van der Waals surface area contributed by atoms with Crippen molar-refractivity contribution in [1.82, 2.24) is 0 Å². The van der Waals surface area contributed by atoms with Crippen LogP contribution in [0.1, 0.15) is 0 Å². The van der Waals surface area contributed by atoms with Gasteiger partial charge in [-0.15, -0.1) is 24.0 Å². The van der Waals surface area contributed by atoms with E-state index in [0.29, 0.717) is 5.02 Å². The highest BCUT2D eigenvalue weighted by atomic mass is 127. The summed E-state index contributed by atoms with van der Waals surface area (Å²) in [6, 6.07) is 6.67. The van der Waals surface area contributed by atoms with E-state index < -0.39 is 0 Å². The van der Waals surface area contributed by atoms with Crippen LogP contribution in [0.2, 0.25) is 5.02 Å². The van der Waals surface area contributed by atoms with E-state index in [9.17, 15) is 0 Å². The summed E-state index contributed by atoms with van der Waals surface area (Å²) in [6.45, 7) is 0. The standard InChI is InChI=1S/C6H5ClO.HI/c7-5-3-1-2-4-6(5)8;/h1-4,8H;1H. The largest absolute Gasteiger partial charge is 0.506 e. The van der Waals surface area contributed by atoms with Gasteiger partial charge >= 0.3 is 0 Å². The smallest absolute Gasteiger partial charge is 0.134 e. The third-order valence-corrected chi connectivity index (χ3v) is 1.17. The van der Waals surface area contributed by atoms with E-state index in [0.717, 1.165) is 0 Å². The van der Waals surface area contributed by atoms with Crippen molar-refractivity contribution in [3.8, 4) is 5.75 Å². The van der Waals surface area contributed by atoms with Crippen molar-refractivity contribution in [2.45, 2.75) is 0 Å². The van der Waals surface area contributed by atoms with E-state index in [2.05, 4.69) is 0 Å². The molecule has 0 fully saturated rings. The van der Waals surface area contributed by atoms with Crippen molar-refractivity contribution < 1.29 is 5.11 Å². The molecule has 0 aliphatic rings. The van der Waals surface area contributed by atoms with Gasteiger partial charge in [0.25, 0.3) is 0 Å². The fourth-order valence-electron chi connectivity index (χ4n) is 0.452. The molecule has 0 unspecified atom stereocenters. The Hall–Kier alpha value is 0.0400. The lowest BCUT2D eigenvalue weighted by molar-refractivity contribution is 0.475. The Balaban J connectivity index is 0.000000640. The molecule has 0 bridgehead atoms. The number of aromatic hydroxyl groups is 1. The molecular weight excluding hydrogens is 250 g/mol. The van der Waals surface area contributed by atoms with Crippen molar-refractivity contribution in [3.63, 3.8) is 0 Å². The van der Waals surface area contributed by atoms with Crippen LogP contribution in [0, 0.1) is 0 Å². The average molecular weight is 256 g/mol. The van der Waals surface area contributed by atoms with Gasteiger partial charge < -0.3 is 5.11 Å². The van der Waals surface area contributed by atoms with Crippen LogP contribution in [0.5, 0.6) is 5.75 Å². The molecule has 1 aromatic rings. The molecule has 1 N–H and O–H groups in total. The Morgan fingerprint density at radius 1 is 1.22 bits per heavy atom. The summed E-state index contributed by atoms with van der Waals surface area (Å²) in [7, 11) is 0. The molecule has 0 spiro atoms. The molecule has 1 rings (SSSR count). The van der Waals surface area contributed by atoms with E-state index in [1.165, 1.54) is 0 Å². The summed E-state index contributed by atoms with van der Waals surface area (Å²) in [5, 5.41) is 9.18. The molecule has 0 radical (unpaired) electrons. The minimum Gasteiger partial charge on any atom is -0.506 e. The first-order valence-electron chi connectivity index (χ1n) is 2.24. The fraction of sp³-hybridized carbons (Fsp3) is 0. The Labute approximate surface area is 75.7 Å². The van der Waals surface area contributed by atoms with Gasteiger partial charge in [-0.3, -0.25) is 0 Å². The van der Waals surface area contributed by atoms with Gasteiger partial charge in [0.2, 0.25) is 0 Å². The Bertz CT molecular complexity index is 169. The zero-order chi connectivity index (χ0) is 5.98. The van der Waals surface area contributed by atoms with Crippen molar-refractivity contribution >= 4 is 35.6 Å². The summed E-state index contributed by atoms with van der Waals surface area (Å²) >= 11 is 5.46. The highest BCUT2D eigenvalue weighted by molar-refractivity contribution is 14.0. The molecule has 1 aromatic carbocycles. The number of phenolic OH excluding ortho intramolecular Hbond substituents is 1. The average Bonchev–Trinajstić information content (AvgIpc) is 1.77. The molecule has 0 amide bonds. The number of para-hydroxylation sites is 1. The van der Waals surface area contributed by atoms with Crippen molar-refractivity contribution in [2.75, 3.05) is 0 Å². The van der Waals surface area contributed by atoms with Gasteiger partial charge in [-0.2, -0.15) is 0 Å². The molecule has 0 aliphatic heterocycles. The monoisotopic (exact) mass is 256 g/mol. The zero-order valence-electron chi connectivity index (χ0n) is 4.54. The van der Waals surface area contributed by atoms with Crippen LogP contribution in [-0.4, -0.2) is 5.11 Å². The van der Waals surface area contributed by atoms with E-state index in [1.807, 2.05) is 0 Å². The number of benzene rings is 1. The van der Waals surface area contributed by atoms with Crippen LogP contribution in [-0.2, 0) is 0 Å². The van der Waals surface area contributed by atoms with E-state index in [1.54, 1.807) is 24.3 Å². The summed E-state index contributed by atoms with van der Waals surface area (Å²) in [5.74, 6) is 0.133. The Morgan fingerprint density at radius 2 is 1.78 bits per heavy atom. The molecule has 1 nitrogen and oxygen atoms in total. The topological polar surface area (TPSA) is 20.2 Å². The van der Waals surface area contributed by atoms with Crippen LogP contribution in [0.4, 0.5) is 0 Å². The molecule has 0 aromatic heterocycles. The number of hydrogen-bond acceptors (Lipinski definition) is 1. The number of phenols is 1. The van der Waals surface area contributed by atoms with Crippen LogP contribution >= 0.6 is 35.6 Å². The maximum atomic E-state index is 8.79. The first-order valence-corrected chi connectivity index (χ1v) is 2.62. The number of rotatable bonds is 0. The normalized spacial score (nSPS) is 8.11. The van der Waals surface area contributed by atoms with Crippen LogP contribution < -0.4 is 0 Å². The van der Waals surface area contributed by atoms with E-state index >= 15 is 0 Å². The van der Waals surface area contributed by atoms with Gasteiger partial charge in [0, 0.05) is 0 Å². The summed E-state index contributed by atoms with van der Waals surface area (Å²) < 4.78 is 0. The van der Waals surface area contributed by atoms with Crippen LogP contribution in [0.25, 0.3) is 0 Å². The molecule has 0 heterocycles. The second-order valence-electron chi connectivity index (χ2n) is 1.45. The molecule has 0 saturated heterocycles. The maximum absolute atomic E-state index is 8.79. The second-order valence-corrected chi connectivity index (χ2v) is 1.86. The highest BCUT2D eigenvalue weighted by Gasteiger charge is 1.89. The lowest BCUT2D eigenvalue weighted by atomic mass is 10.3. The molecule has 0 saturated carbocycles. The minimum absolute atomic E-state index is 0. The summed E-state index contributed by atoms with van der Waals surface area (Å²) in [4.78, 5) is 0. The second kappa shape index (κ2) is 3.95. The SMILES string of the molecule is I.Oc1ccccc1Cl. The summed E-state index contributed by atoms with van der Waals surface area (Å²) in [6.07, 6.45) is 0. The van der Waals surface area contributed by atoms with Crippen molar-refractivity contribution in [1.29, 1.82) is 0 Å². The Morgan fingerprint density at radius 3 is 2.11 bits per heavy atom. The highest BCUT2D eigenvalue weighted by Crippen LogP contribution is 2.20. The van der Waals surface area contributed by atoms with Gasteiger partial charge in [0.15, 0.2) is 0 Å². The first-order chi connectivity index (χ1) is 3.80. The molecule has 9 heavy (non-hydrogen) atoms. The predicted octanol–water partition coefficient (Wildman–Crippen LogP) is 2.66. The van der Waals surface area contributed by atoms with Crippen LogP contribution in [0.3, 0.4) is 0 Å². The zero-order valence-corrected chi connectivity index (χ0v) is 7.63. The van der Waals surface area contributed by atoms with Crippen LogP contribution in [0.15, 0.2) is 24.3 Å². The van der Waals surface area contributed by atoms with Gasteiger partial charge in [-0.25, -0.2) is 0 Å². The Kier molecular flexibility index (Phi) is 3.97. The van der Waals surface area contributed by atoms with E-state index in [-0.39, 0.29) is 29.7 Å². The van der Waals surface area contributed by atoms with E-state index in [4.69, 9.17) is 16.7 Å². The third-order valence-electron chi connectivity index (χ3n) is 0.852. The molecule has 0 aliphatic carbocycles. The fourth-order valence-corrected chi connectivity index (χ4v) is 0.587. The number of hydrogen-bond donors (Lipinski definition) is 1. The maximum Gasteiger partial charge on any atom is 0.134 e. The molecule has 0 atom stereocenters. The minimum atomic E-state index is 0.